The number of methoxy groups -OCH3 is 2. The van der Waals surface area contributed by atoms with Crippen molar-refractivity contribution in [3.63, 3.8) is 0 Å². The number of aromatic nitrogens is 2. The summed E-state index contributed by atoms with van der Waals surface area (Å²) in [5, 5.41) is 0. The number of fused-ring (bicyclic) bond motifs is 2. The van der Waals surface area contributed by atoms with E-state index >= 15 is 0 Å². The fourth-order valence-corrected chi connectivity index (χ4v) is 3.34. The molecule has 4 rings (SSSR count). The van der Waals surface area contributed by atoms with Crippen LogP contribution in [0.2, 0.25) is 0 Å². The van der Waals surface area contributed by atoms with Gasteiger partial charge in [-0.3, -0.25) is 9.20 Å². The molecule has 0 N–H and O–H groups in total. The van der Waals surface area contributed by atoms with Crippen LogP contribution in [0.5, 0.6) is 11.5 Å². The molecule has 0 atom stereocenters. The van der Waals surface area contributed by atoms with Gasteiger partial charge in [-0.2, -0.15) is 0 Å². The number of carbonyl (C=O) groups excluding carboxylic acids is 1. The molecule has 0 unspecified atom stereocenters. The van der Waals surface area contributed by atoms with Crippen LogP contribution < -0.4 is 9.47 Å². The summed E-state index contributed by atoms with van der Waals surface area (Å²) in [5.41, 5.74) is 3.69. The van der Waals surface area contributed by atoms with Crippen molar-refractivity contribution < 1.29 is 14.3 Å². The van der Waals surface area contributed by atoms with Gasteiger partial charge < -0.3 is 14.4 Å². The van der Waals surface area contributed by atoms with Crippen LogP contribution in [0.25, 0.3) is 5.65 Å². The molecule has 0 saturated heterocycles. The highest BCUT2D eigenvalue weighted by Crippen LogP contribution is 2.33. The van der Waals surface area contributed by atoms with Gasteiger partial charge in [-0.15, -0.1) is 0 Å². The smallest absolute Gasteiger partial charge is 0.271 e. The van der Waals surface area contributed by atoms with Gasteiger partial charge in [0.1, 0.15) is 11.3 Å². The van der Waals surface area contributed by atoms with E-state index < -0.39 is 0 Å². The van der Waals surface area contributed by atoms with E-state index in [1.165, 1.54) is 5.56 Å². The van der Waals surface area contributed by atoms with Crippen LogP contribution in [0.3, 0.4) is 0 Å². The molecule has 2 aromatic heterocycles. The van der Waals surface area contributed by atoms with E-state index in [0.717, 1.165) is 23.4 Å². The highest BCUT2D eigenvalue weighted by Gasteiger charge is 2.25. The minimum absolute atomic E-state index is 0.00374. The van der Waals surface area contributed by atoms with E-state index in [0.29, 0.717) is 24.5 Å². The lowest BCUT2D eigenvalue weighted by atomic mass is 9.98. The zero-order chi connectivity index (χ0) is 17.4. The lowest BCUT2D eigenvalue weighted by Gasteiger charge is -2.29. The molecule has 1 aromatic carbocycles. The van der Waals surface area contributed by atoms with Gasteiger partial charge in [-0.1, -0.05) is 6.07 Å². The van der Waals surface area contributed by atoms with Crippen LogP contribution >= 0.6 is 0 Å². The molecule has 6 nitrogen and oxygen atoms in total. The fourth-order valence-electron chi connectivity index (χ4n) is 3.34. The van der Waals surface area contributed by atoms with Crippen molar-refractivity contribution in [3.8, 4) is 11.5 Å². The van der Waals surface area contributed by atoms with E-state index in [-0.39, 0.29) is 5.91 Å². The first kappa shape index (κ1) is 15.5. The summed E-state index contributed by atoms with van der Waals surface area (Å²) < 4.78 is 12.6. The molecule has 128 valence electrons. The van der Waals surface area contributed by atoms with Crippen LogP contribution in [-0.2, 0) is 13.0 Å². The quantitative estimate of drug-likeness (QED) is 0.737. The average molecular weight is 337 g/mol. The largest absolute Gasteiger partial charge is 0.493 e. The summed E-state index contributed by atoms with van der Waals surface area (Å²) in [6.45, 7) is 1.23. The summed E-state index contributed by atoms with van der Waals surface area (Å²) in [5.74, 6) is 1.42. The molecule has 3 heterocycles. The number of imidazole rings is 1. The van der Waals surface area contributed by atoms with Crippen molar-refractivity contribution in [2.45, 2.75) is 13.0 Å². The maximum atomic E-state index is 13.0. The molecule has 3 aromatic rings. The summed E-state index contributed by atoms with van der Waals surface area (Å²) in [6, 6.07) is 9.56. The van der Waals surface area contributed by atoms with Gasteiger partial charge in [-0.25, -0.2) is 4.98 Å². The predicted octanol–water partition coefficient (Wildman–Crippen LogP) is 2.55. The summed E-state index contributed by atoms with van der Waals surface area (Å²) in [7, 11) is 3.25. The Labute approximate surface area is 145 Å². The van der Waals surface area contributed by atoms with Crippen LogP contribution in [0.1, 0.15) is 21.6 Å². The molecule has 0 fully saturated rings. The standard InChI is InChI=1S/C19H19N3O3/c1-24-16-10-13-6-8-21(12-14(13)11-17(16)25-2)19(23)15-4-3-5-18-20-7-9-22(15)18/h3-5,7,9-11H,6,8,12H2,1-2H3. The lowest BCUT2D eigenvalue weighted by Crippen LogP contribution is -2.36. The molecular formula is C19H19N3O3. The van der Waals surface area contributed by atoms with Gasteiger partial charge >= 0.3 is 0 Å². The molecule has 1 aliphatic heterocycles. The molecule has 0 bridgehead atoms. The van der Waals surface area contributed by atoms with Crippen molar-refractivity contribution in [2.75, 3.05) is 20.8 Å². The number of pyridine rings is 1. The van der Waals surface area contributed by atoms with Crippen LogP contribution in [0, 0.1) is 0 Å². The van der Waals surface area contributed by atoms with Gasteiger partial charge in [0.25, 0.3) is 5.91 Å². The number of amides is 1. The van der Waals surface area contributed by atoms with Gasteiger partial charge in [0.05, 0.1) is 14.2 Å². The van der Waals surface area contributed by atoms with Gasteiger partial charge in [0.2, 0.25) is 0 Å². The highest BCUT2D eigenvalue weighted by atomic mass is 16.5. The summed E-state index contributed by atoms with van der Waals surface area (Å²) in [4.78, 5) is 19.1. The number of rotatable bonds is 3. The SMILES string of the molecule is COc1cc2c(cc1OC)CN(C(=O)c1cccc3nccn13)CC2. The van der Waals surface area contributed by atoms with Crippen molar-refractivity contribution in [2.24, 2.45) is 0 Å². The number of nitrogens with zero attached hydrogens (tertiary/aromatic N) is 3. The van der Waals surface area contributed by atoms with Gasteiger partial charge in [-0.05, 0) is 41.8 Å². The molecule has 1 aliphatic rings. The maximum Gasteiger partial charge on any atom is 0.271 e. The van der Waals surface area contributed by atoms with Crippen molar-refractivity contribution in [3.05, 3.63) is 59.5 Å². The Balaban J connectivity index is 1.66. The van der Waals surface area contributed by atoms with Crippen LogP contribution in [0.4, 0.5) is 0 Å². The first-order valence-electron chi connectivity index (χ1n) is 8.16. The van der Waals surface area contributed by atoms with Crippen LogP contribution in [-0.4, -0.2) is 41.0 Å². The Kier molecular flexibility index (Phi) is 3.80. The Morgan fingerprint density at radius 1 is 1.12 bits per heavy atom. The molecule has 0 spiro atoms. The summed E-state index contributed by atoms with van der Waals surface area (Å²) >= 11 is 0. The fraction of sp³-hybridized carbons (Fsp3) is 0.263. The highest BCUT2D eigenvalue weighted by molar-refractivity contribution is 5.93. The lowest BCUT2D eigenvalue weighted by molar-refractivity contribution is 0.0727. The molecular weight excluding hydrogens is 318 g/mol. The minimum Gasteiger partial charge on any atom is -0.493 e. The number of benzene rings is 1. The van der Waals surface area contributed by atoms with E-state index in [1.807, 2.05) is 45.8 Å². The van der Waals surface area contributed by atoms with Crippen molar-refractivity contribution in [1.29, 1.82) is 0 Å². The average Bonchev–Trinajstić information content (AvgIpc) is 3.14. The number of ether oxygens (including phenoxy) is 2. The third-order valence-electron chi connectivity index (χ3n) is 4.65. The Hall–Kier alpha value is -3.02. The number of carbonyl (C=O) groups is 1. The molecule has 1 amide bonds. The zero-order valence-electron chi connectivity index (χ0n) is 14.2. The molecule has 0 aliphatic carbocycles. The van der Waals surface area contributed by atoms with E-state index in [2.05, 4.69) is 4.98 Å². The van der Waals surface area contributed by atoms with Gasteiger partial charge in [0.15, 0.2) is 11.5 Å². The number of hydrogen-bond acceptors (Lipinski definition) is 4. The zero-order valence-corrected chi connectivity index (χ0v) is 14.2. The predicted molar refractivity (Wildman–Crippen MR) is 93.2 cm³/mol. The molecule has 0 radical (unpaired) electrons. The summed E-state index contributed by atoms with van der Waals surface area (Å²) in [6.07, 6.45) is 4.31. The van der Waals surface area contributed by atoms with Crippen molar-refractivity contribution >= 4 is 11.6 Å². The normalized spacial score (nSPS) is 13.6. The first-order valence-corrected chi connectivity index (χ1v) is 8.16. The maximum absolute atomic E-state index is 13.0. The van der Waals surface area contributed by atoms with E-state index in [4.69, 9.17) is 9.47 Å². The molecule has 6 heteroatoms. The van der Waals surface area contributed by atoms with Gasteiger partial charge in [0, 0.05) is 25.5 Å². The first-order chi connectivity index (χ1) is 12.2. The number of hydrogen-bond donors (Lipinski definition) is 0. The second-order valence-electron chi connectivity index (χ2n) is 6.02. The second kappa shape index (κ2) is 6.12. The molecule has 0 saturated carbocycles. The second-order valence-corrected chi connectivity index (χ2v) is 6.02. The van der Waals surface area contributed by atoms with E-state index in [9.17, 15) is 4.79 Å². The van der Waals surface area contributed by atoms with Crippen LogP contribution in [0.15, 0.2) is 42.7 Å². The third-order valence-corrected chi connectivity index (χ3v) is 4.65. The van der Waals surface area contributed by atoms with Crippen molar-refractivity contribution in [1.82, 2.24) is 14.3 Å². The van der Waals surface area contributed by atoms with E-state index in [1.54, 1.807) is 20.4 Å². The Morgan fingerprint density at radius 2 is 1.88 bits per heavy atom. The monoisotopic (exact) mass is 337 g/mol. The third kappa shape index (κ3) is 2.59. The topological polar surface area (TPSA) is 56.1 Å². The molecule has 25 heavy (non-hydrogen) atoms. The Bertz CT molecular complexity index is 948. The minimum atomic E-state index is 0.00374. The Morgan fingerprint density at radius 3 is 2.64 bits per heavy atom.